The zero-order valence-electron chi connectivity index (χ0n) is 13.3. The summed E-state index contributed by atoms with van der Waals surface area (Å²) in [4.78, 5) is 0. The van der Waals surface area contributed by atoms with Crippen molar-refractivity contribution in [3.05, 3.63) is 0 Å². The molecule has 2 saturated carbocycles. The van der Waals surface area contributed by atoms with E-state index in [0.717, 1.165) is 35.0 Å². The number of hydrogen-bond donors (Lipinski definition) is 0. The highest BCUT2D eigenvalue weighted by Gasteiger charge is 2.58. The van der Waals surface area contributed by atoms with Gasteiger partial charge in [-0.15, -0.1) is 0 Å². The van der Waals surface area contributed by atoms with E-state index in [9.17, 15) is 0 Å². The SMILES string of the molecule is CCCC(C)CC(C)CC1C(C)CC12CCC2C. The minimum absolute atomic E-state index is 0.807. The largest absolute Gasteiger partial charge is 0.0654 e. The van der Waals surface area contributed by atoms with E-state index < -0.39 is 0 Å². The van der Waals surface area contributed by atoms with E-state index in [4.69, 9.17) is 0 Å². The first-order valence-electron chi connectivity index (χ1n) is 8.49. The topological polar surface area (TPSA) is 0 Å². The van der Waals surface area contributed by atoms with Crippen LogP contribution < -0.4 is 0 Å². The summed E-state index contributed by atoms with van der Waals surface area (Å²) in [7, 11) is 0. The van der Waals surface area contributed by atoms with Crippen molar-refractivity contribution in [1.29, 1.82) is 0 Å². The Bertz CT molecular complexity index is 269. The summed E-state index contributed by atoms with van der Waals surface area (Å²) >= 11 is 0. The molecule has 0 amide bonds. The molecule has 0 heteroatoms. The maximum absolute atomic E-state index is 2.51. The number of hydrogen-bond acceptors (Lipinski definition) is 0. The fourth-order valence-electron chi connectivity index (χ4n) is 5.25. The molecule has 2 aliphatic carbocycles. The van der Waals surface area contributed by atoms with Gasteiger partial charge in [0.1, 0.15) is 0 Å². The molecule has 18 heavy (non-hydrogen) atoms. The molecule has 0 saturated heterocycles. The monoisotopic (exact) mass is 250 g/mol. The molecule has 0 aromatic heterocycles. The Morgan fingerprint density at radius 2 is 1.89 bits per heavy atom. The van der Waals surface area contributed by atoms with Crippen molar-refractivity contribution in [3.63, 3.8) is 0 Å². The zero-order chi connectivity index (χ0) is 13.3. The lowest BCUT2D eigenvalue weighted by atomic mass is 9.40. The van der Waals surface area contributed by atoms with E-state index >= 15 is 0 Å². The van der Waals surface area contributed by atoms with Crippen LogP contribution in [-0.2, 0) is 0 Å². The lowest BCUT2D eigenvalue weighted by Crippen LogP contribution is -2.56. The molecular weight excluding hydrogens is 216 g/mol. The molecule has 2 rings (SSSR count). The molecule has 2 aliphatic rings. The molecule has 6 atom stereocenters. The summed E-state index contributed by atoms with van der Waals surface area (Å²) in [5.74, 6) is 4.99. The third kappa shape index (κ3) is 2.49. The van der Waals surface area contributed by atoms with Crippen molar-refractivity contribution < 1.29 is 0 Å². The molecule has 0 heterocycles. The predicted molar refractivity (Wildman–Crippen MR) is 80.6 cm³/mol. The van der Waals surface area contributed by atoms with Gasteiger partial charge in [0.15, 0.2) is 0 Å². The molecule has 6 unspecified atom stereocenters. The predicted octanol–water partition coefficient (Wildman–Crippen LogP) is 5.91. The first-order valence-corrected chi connectivity index (χ1v) is 8.49. The minimum Gasteiger partial charge on any atom is -0.0654 e. The Kier molecular flexibility index (Phi) is 4.44. The quantitative estimate of drug-likeness (QED) is 0.549. The maximum atomic E-state index is 2.51. The molecule has 0 aliphatic heterocycles. The second kappa shape index (κ2) is 5.55. The molecular formula is C18H34. The van der Waals surface area contributed by atoms with Gasteiger partial charge in [-0.1, -0.05) is 47.5 Å². The van der Waals surface area contributed by atoms with Crippen LogP contribution in [0.25, 0.3) is 0 Å². The van der Waals surface area contributed by atoms with E-state index in [1.165, 1.54) is 38.5 Å². The zero-order valence-corrected chi connectivity index (χ0v) is 13.3. The van der Waals surface area contributed by atoms with Gasteiger partial charge in [-0.2, -0.15) is 0 Å². The van der Waals surface area contributed by atoms with Crippen LogP contribution in [0, 0.1) is 35.0 Å². The van der Waals surface area contributed by atoms with Crippen LogP contribution in [0.2, 0.25) is 0 Å². The highest BCUT2D eigenvalue weighted by Crippen LogP contribution is 2.67. The van der Waals surface area contributed by atoms with Gasteiger partial charge >= 0.3 is 0 Å². The van der Waals surface area contributed by atoms with Crippen molar-refractivity contribution >= 4 is 0 Å². The molecule has 0 aromatic rings. The Hall–Kier alpha value is 0. The van der Waals surface area contributed by atoms with Crippen molar-refractivity contribution in [3.8, 4) is 0 Å². The van der Waals surface area contributed by atoms with Gasteiger partial charge in [-0.3, -0.25) is 0 Å². The van der Waals surface area contributed by atoms with Gasteiger partial charge in [0, 0.05) is 0 Å². The van der Waals surface area contributed by atoms with Crippen molar-refractivity contribution in [1.82, 2.24) is 0 Å². The second-order valence-corrected chi connectivity index (χ2v) is 7.93. The van der Waals surface area contributed by atoms with Crippen LogP contribution in [-0.4, -0.2) is 0 Å². The third-order valence-electron chi connectivity index (χ3n) is 6.39. The highest BCUT2D eigenvalue weighted by molar-refractivity contribution is 5.07. The standard InChI is InChI=1S/C18H34/c1-6-7-13(2)10-14(3)11-17-15(4)12-18(17)9-8-16(18)5/h13-17H,6-12H2,1-5H3. The van der Waals surface area contributed by atoms with Crippen LogP contribution in [0.5, 0.6) is 0 Å². The lowest BCUT2D eigenvalue weighted by molar-refractivity contribution is -0.153. The van der Waals surface area contributed by atoms with Crippen LogP contribution >= 0.6 is 0 Å². The van der Waals surface area contributed by atoms with E-state index in [1.54, 1.807) is 6.42 Å². The summed E-state index contributed by atoms with van der Waals surface area (Å²) in [6.45, 7) is 12.3. The van der Waals surface area contributed by atoms with Crippen LogP contribution in [0.3, 0.4) is 0 Å². The molecule has 0 N–H and O–H groups in total. The average molecular weight is 250 g/mol. The summed E-state index contributed by atoms with van der Waals surface area (Å²) < 4.78 is 0. The second-order valence-electron chi connectivity index (χ2n) is 7.93. The van der Waals surface area contributed by atoms with Crippen LogP contribution in [0.15, 0.2) is 0 Å². The fourth-order valence-corrected chi connectivity index (χ4v) is 5.25. The molecule has 0 aromatic carbocycles. The summed E-state index contributed by atoms with van der Waals surface area (Å²) in [6.07, 6.45) is 10.3. The van der Waals surface area contributed by atoms with Gasteiger partial charge in [-0.25, -0.2) is 0 Å². The molecule has 1 spiro atoms. The van der Waals surface area contributed by atoms with Crippen molar-refractivity contribution in [2.45, 2.75) is 79.6 Å². The number of rotatable bonds is 6. The van der Waals surface area contributed by atoms with Gasteiger partial charge in [0.05, 0.1) is 0 Å². The fraction of sp³-hybridized carbons (Fsp3) is 1.00. The summed E-state index contributed by atoms with van der Waals surface area (Å²) in [5, 5.41) is 0. The first-order chi connectivity index (χ1) is 8.49. The third-order valence-corrected chi connectivity index (χ3v) is 6.39. The Labute approximate surface area is 115 Å². The molecule has 0 radical (unpaired) electrons. The summed E-state index contributed by atoms with van der Waals surface area (Å²) in [6, 6.07) is 0. The van der Waals surface area contributed by atoms with E-state index in [0.29, 0.717) is 0 Å². The van der Waals surface area contributed by atoms with E-state index in [2.05, 4.69) is 34.6 Å². The Balaban J connectivity index is 1.81. The maximum Gasteiger partial charge on any atom is -0.0238 e. The van der Waals surface area contributed by atoms with Gasteiger partial charge in [-0.05, 0) is 67.1 Å². The van der Waals surface area contributed by atoms with Gasteiger partial charge in [0.2, 0.25) is 0 Å². The van der Waals surface area contributed by atoms with Gasteiger partial charge < -0.3 is 0 Å². The lowest BCUT2D eigenvalue weighted by Gasteiger charge is -2.65. The highest BCUT2D eigenvalue weighted by atomic mass is 14.6. The van der Waals surface area contributed by atoms with Crippen molar-refractivity contribution in [2.24, 2.45) is 35.0 Å². The first kappa shape index (κ1) is 14.4. The van der Waals surface area contributed by atoms with E-state index in [-0.39, 0.29) is 0 Å². The van der Waals surface area contributed by atoms with Crippen LogP contribution in [0.4, 0.5) is 0 Å². The van der Waals surface area contributed by atoms with Crippen LogP contribution in [0.1, 0.15) is 79.6 Å². The Morgan fingerprint density at radius 1 is 1.17 bits per heavy atom. The smallest absolute Gasteiger partial charge is 0.0238 e. The molecule has 2 fully saturated rings. The van der Waals surface area contributed by atoms with Gasteiger partial charge in [0.25, 0.3) is 0 Å². The molecule has 0 bridgehead atoms. The minimum atomic E-state index is 0.807. The molecule has 106 valence electrons. The molecule has 0 nitrogen and oxygen atoms in total. The Morgan fingerprint density at radius 3 is 2.33 bits per heavy atom. The van der Waals surface area contributed by atoms with Crippen molar-refractivity contribution in [2.75, 3.05) is 0 Å². The van der Waals surface area contributed by atoms with E-state index in [1.807, 2.05) is 0 Å². The average Bonchev–Trinajstić information content (AvgIpc) is 2.31. The normalized spacial score (nSPS) is 42.2. The summed E-state index contributed by atoms with van der Waals surface area (Å²) in [5.41, 5.74) is 0.807.